The Morgan fingerprint density at radius 1 is 1.33 bits per heavy atom. The summed E-state index contributed by atoms with van der Waals surface area (Å²) in [6.45, 7) is 1.86. The molecule has 1 aromatic heterocycles. The number of aromatic nitrogens is 2. The van der Waals surface area contributed by atoms with Gasteiger partial charge in [-0.2, -0.15) is 0 Å². The molecule has 1 unspecified atom stereocenters. The first-order valence-electron chi connectivity index (χ1n) is 7.12. The highest BCUT2D eigenvalue weighted by Crippen LogP contribution is 2.17. The van der Waals surface area contributed by atoms with Gasteiger partial charge in [0.1, 0.15) is 18.0 Å². The van der Waals surface area contributed by atoms with E-state index in [2.05, 4.69) is 25.5 Å². The van der Waals surface area contributed by atoms with Crippen LogP contribution in [0, 0.1) is 0 Å². The molecule has 118 valence electrons. The fraction of sp³-hybridized carbons (Fsp3) is 0.692. The maximum atomic E-state index is 11.4. The van der Waals surface area contributed by atoms with Gasteiger partial charge in [0.25, 0.3) is 0 Å². The lowest BCUT2D eigenvalue weighted by atomic mass is 10.2. The van der Waals surface area contributed by atoms with E-state index in [1.54, 1.807) is 0 Å². The van der Waals surface area contributed by atoms with Crippen LogP contribution in [-0.2, 0) is 9.84 Å². The zero-order valence-corrected chi connectivity index (χ0v) is 13.4. The van der Waals surface area contributed by atoms with Crippen LogP contribution < -0.4 is 10.6 Å². The molecule has 2 N–H and O–H groups in total. The Labute approximate surface area is 126 Å². The van der Waals surface area contributed by atoms with Crippen LogP contribution in [0.2, 0.25) is 0 Å². The summed E-state index contributed by atoms with van der Waals surface area (Å²) in [4.78, 5) is 10.4. The number of anilines is 2. The Bertz CT molecular complexity index is 561. The van der Waals surface area contributed by atoms with Gasteiger partial charge in [-0.1, -0.05) is 0 Å². The predicted molar refractivity (Wildman–Crippen MR) is 84.4 cm³/mol. The Hall–Kier alpha value is -1.41. The molecule has 0 bridgehead atoms. The highest BCUT2D eigenvalue weighted by molar-refractivity contribution is 7.91. The van der Waals surface area contributed by atoms with Gasteiger partial charge in [0, 0.05) is 18.7 Å². The largest absolute Gasteiger partial charge is 0.370 e. The first-order chi connectivity index (χ1) is 9.94. The Morgan fingerprint density at radius 3 is 2.76 bits per heavy atom. The number of rotatable bonds is 7. The summed E-state index contributed by atoms with van der Waals surface area (Å²) in [5.74, 6) is 1.86. The Balaban J connectivity index is 1.83. The molecule has 7 nitrogen and oxygen atoms in total. The minimum absolute atomic E-state index is 0.0495. The highest BCUT2D eigenvalue weighted by Gasteiger charge is 2.27. The molecule has 0 spiro atoms. The van der Waals surface area contributed by atoms with Crippen molar-refractivity contribution in [2.45, 2.75) is 18.9 Å². The molecule has 8 heteroatoms. The molecule has 0 aromatic carbocycles. The van der Waals surface area contributed by atoms with Gasteiger partial charge in [-0.25, -0.2) is 18.4 Å². The third-order valence-corrected chi connectivity index (χ3v) is 5.11. The molecule has 2 rings (SSSR count). The second kappa shape index (κ2) is 7.04. The van der Waals surface area contributed by atoms with Crippen LogP contribution in [0.3, 0.4) is 0 Å². The summed E-state index contributed by atoms with van der Waals surface area (Å²) in [6.07, 6.45) is 3.15. The van der Waals surface area contributed by atoms with Crippen LogP contribution in [0.25, 0.3) is 0 Å². The van der Waals surface area contributed by atoms with E-state index in [-0.39, 0.29) is 17.5 Å². The molecule has 0 radical (unpaired) electrons. The van der Waals surface area contributed by atoms with E-state index in [0.717, 1.165) is 25.3 Å². The fourth-order valence-corrected chi connectivity index (χ4v) is 3.94. The number of sulfone groups is 1. The zero-order valence-electron chi connectivity index (χ0n) is 12.5. The summed E-state index contributed by atoms with van der Waals surface area (Å²) >= 11 is 0. The third kappa shape index (κ3) is 5.47. The Morgan fingerprint density at radius 2 is 2.10 bits per heavy atom. The molecular weight excluding hydrogens is 290 g/mol. The first-order valence-corrected chi connectivity index (χ1v) is 8.94. The van der Waals surface area contributed by atoms with Crippen LogP contribution in [0.5, 0.6) is 0 Å². The molecule has 0 aliphatic carbocycles. The summed E-state index contributed by atoms with van der Waals surface area (Å²) in [7, 11) is 1.21. The SMILES string of the molecule is CN(C)CCCNc1cc(NC2CCS(=O)(=O)C2)ncn1. The molecule has 0 amide bonds. The van der Waals surface area contributed by atoms with Crippen molar-refractivity contribution >= 4 is 21.5 Å². The number of nitrogens with zero attached hydrogens (tertiary/aromatic N) is 3. The smallest absolute Gasteiger partial charge is 0.152 e. The molecule has 2 heterocycles. The quantitative estimate of drug-likeness (QED) is 0.706. The van der Waals surface area contributed by atoms with Crippen molar-refractivity contribution in [3.05, 3.63) is 12.4 Å². The number of nitrogens with one attached hydrogen (secondary N) is 2. The molecule has 1 aromatic rings. The molecule has 1 fully saturated rings. The number of hydrogen-bond donors (Lipinski definition) is 2. The van der Waals surface area contributed by atoms with Crippen molar-refractivity contribution < 1.29 is 8.42 Å². The molecule has 1 aliphatic heterocycles. The second-order valence-electron chi connectivity index (χ2n) is 5.62. The summed E-state index contributed by atoms with van der Waals surface area (Å²) < 4.78 is 22.9. The van der Waals surface area contributed by atoms with Gasteiger partial charge in [0.15, 0.2) is 9.84 Å². The van der Waals surface area contributed by atoms with Crippen molar-refractivity contribution in [2.75, 3.05) is 49.3 Å². The molecule has 1 atom stereocenters. The van der Waals surface area contributed by atoms with E-state index in [4.69, 9.17) is 0 Å². The monoisotopic (exact) mass is 313 g/mol. The van der Waals surface area contributed by atoms with Crippen LogP contribution >= 0.6 is 0 Å². The van der Waals surface area contributed by atoms with E-state index < -0.39 is 9.84 Å². The van der Waals surface area contributed by atoms with Gasteiger partial charge in [-0.3, -0.25) is 0 Å². The van der Waals surface area contributed by atoms with E-state index in [1.807, 2.05) is 20.2 Å². The fourth-order valence-electron chi connectivity index (χ4n) is 2.26. The van der Waals surface area contributed by atoms with Gasteiger partial charge in [-0.15, -0.1) is 0 Å². The lowest BCUT2D eigenvalue weighted by molar-refractivity contribution is 0.405. The maximum Gasteiger partial charge on any atom is 0.152 e. The van der Waals surface area contributed by atoms with E-state index in [1.165, 1.54) is 6.33 Å². The number of hydrogen-bond acceptors (Lipinski definition) is 7. The summed E-state index contributed by atoms with van der Waals surface area (Å²) in [5, 5.41) is 6.41. The van der Waals surface area contributed by atoms with Crippen LogP contribution in [0.1, 0.15) is 12.8 Å². The average molecular weight is 313 g/mol. The highest BCUT2D eigenvalue weighted by atomic mass is 32.2. The molecule has 1 aliphatic rings. The molecule has 1 saturated heterocycles. The predicted octanol–water partition coefficient (Wildman–Crippen LogP) is 0.439. The van der Waals surface area contributed by atoms with E-state index in [9.17, 15) is 8.42 Å². The standard InChI is InChI=1S/C13H23N5O2S/c1-18(2)6-3-5-14-12-8-13(16-10-15-12)17-11-4-7-21(19,20)9-11/h8,10-11H,3-7,9H2,1-2H3,(H2,14,15,16,17). The summed E-state index contributed by atoms with van der Waals surface area (Å²) in [5.41, 5.74) is 0. The van der Waals surface area contributed by atoms with Crippen LogP contribution in [0.4, 0.5) is 11.6 Å². The van der Waals surface area contributed by atoms with E-state index >= 15 is 0 Å². The summed E-state index contributed by atoms with van der Waals surface area (Å²) in [6, 6.07) is 1.77. The van der Waals surface area contributed by atoms with Crippen molar-refractivity contribution in [1.29, 1.82) is 0 Å². The molecule has 0 saturated carbocycles. The Kier molecular flexibility index (Phi) is 5.35. The first kappa shape index (κ1) is 16.0. The van der Waals surface area contributed by atoms with Gasteiger partial charge in [0.2, 0.25) is 0 Å². The molecular formula is C13H23N5O2S. The minimum Gasteiger partial charge on any atom is -0.370 e. The van der Waals surface area contributed by atoms with Gasteiger partial charge >= 0.3 is 0 Å². The van der Waals surface area contributed by atoms with Crippen LogP contribution in [-0.4, -0.2) is 68.0 Å². The second-order valence-corrected chi connectivity index (χ2v) is 7.85. The lowest BCUT2D eigenvalue weighted by Gasteiger charge is -2.13. The molecule has 21 heavy (non-hydrogen) atoms. The van der Waals surface area contributed by atoms with Crippen molar-refractivity contribution in [3.8, 4) is 0 Å². The topological polar surface area (TPSA) is 87.2 Å². The van der Waals surface area contributed by atoms with Gasteiger partial charge < -0.3 is 15.5 Å². The maximum absolute atomic E-state index is 11.4. The van der Waals surface area contributed by atoms with Gasteiger partial charge in [0.05, 0.1) is 11.5 Å². The van der Waals surface area contributed by atoms with Crippen LogP contribution in [0.15, 0.2) is 12.4 Å². The van der Waals surface area contributed by atoms with Crippen molar-refractivity contribution in [1.82, 2.24) is 14.9 Å². The van der Waals surface area contributed by atoms with Crippen molar-refractivity contribution in [3.63, 3.8) is 0 Å². The van der Waals surface area contributed by atoms with Gasteiger partial charge in [-0.05, 0) is 33.5 Å². The minimum atomic E-state index is -2.88. The third-order valence-electron chi connectivity index (χ3n) is 3.34. The van der Waals surface area contributed by atoms with Crippen molar-refractivity contribution in [2.24, 2.45) is 0 Å². The lowest BCUT2D eigenvalue weighted by Crippen LogP contribution is -2.21. The average Bonchev–Trinajstić information content (AvgIpc) is 2.74. The zero-order chi connectivity index (χ0) is 15.3. The normalized spacial score (nSPS) is 20.6. The van der Waals surface area contributed by atoms with E-state index in [0.29, 0.717) is 12.2 Å².